The fraction of sp³-hybridized carbons (Fsp3) is 0.643. The van der Waals surface area contributed by atoms with E-state index < -0.39 is 0 Å². The summed E-state index contributed by atoms with van der Waals surface area (Å²) >= 11 is 0. The van der Waals surface area contributed by atoms with Crippen LogP contribution in [0.3, 0.4) is 0 Å². The first kappa shape index (κ1) is 16.4. The topological polar surface area (TPSA) is 70.2 Å². The summed E-state index contributed by atoms with van der Waals surface area (Å²) in [6.45, 7) is 7.64. The number of hydrogen-bond acceptors (Lipinski definition) is 5. The fourth-order valence-corrected chi connectivity index (χ4v) is 1.56. The van der Waals surface area contributed by atoms with Gasteiger partial charge in [0.15, 0.2) is 5.69 Å². The maximum Gasteiger partial charge on any atom is 0.272 e. The van der Waals surface area contributed by atoms with E-state index in [9.17, 15) is 4.79 Å². The Labute approximate surface area is 121 Å². The Morgan fingerprint density at radius 3 is 2.45 bits per heavy atom. The number of amides is 1. The quantitative estimate of drug-likeness (QED) is 0.770. The third kappa shape index (κ3) is 6.47. The highest BCUT2D eigenvalue weighted by atomic mass is 16.2. The SMILES string of the molecule is CN(C)CCCNc1ccc(C(=O)NC(C)(C)C)nn1. The normalized spacial score (nSPS) is 11.5. The van der Waals surface area contributed by atoms with Crippen molar-refractivity contribution in [3.05, 3.63) is 17.8 Å². The van der Waals surface area contributed by atoms with Crippen LogP contribution >= 0.6 is 0 Å². The highest BCUT2D eigenvalue weighted by Gasteiger charge is 2.16. The summed E-state index contributed by atoms with van der Waals surface area (Å²) in [6.07, 6.45) is 1.03. The van der Waals surface area contributed by atoms with E-state index in [4.69, 9.17) is 0 Å². The van der Waals surface area contributed by atoms with Crippen LogP contribution in [0.15, 0.2) is 12.1 Å². The lowest BCUT2D eigenvalue weighted by atomic mass is 10.1. The van der Waals surface area contributed by atoms with Crippen LogP contribution in [0, 0.1) is 0 Å². The molecule has 1 heterocycles. The second kappa shape index (κ2) is 7.19. The highest BCUT2D eigenvalue weighted by Crippen LogP contribution is 2.05. The summed E-state index contributed by atoms with van der Waals surface area (Å²) < 4.78 is 0. The molecule has 0 radical (unpaired) electrons. The van der Waals surface area contributed by atoms with Gasteiger partial charge >= 0.3 is 0 Å². The molecule has 0 aromatic carbocycles. The molecule has 1 aromatic rings. The van der Waals surface area contributed by atoms with Crippen LogP contribution in [-0.2, 0) is 0 Å². The van der Waals surface area contributed by atoms with Crippen molar-refractivity contribution in [2.75, 3.05) is 32.5 Å². The Bertz CT molecular complexity index is 422. The minimum atomic E-state index is -0.276. The number of carbonyl (C=O) groups is 1. The number of aromatic nitrogens is 2. The average Bonchev–Trinajstić information content (AvgIpc) is 2.33. The molecule has 6 heteroatoms. The predicted octanol–water partition coefficient (Wildman–Crippen LogP) is 1.37. The number of nitrogens with zero attached hydrogens (tertiary/aromatic N) is 3. The molecule has 2 N–H and O–H groups in total. The van der Waals surface area contributed by atoms with E-state index in [0.29, 0.717) is 11.5 Å². The molecule has 0 fully saturated rings. The molecule has 0 atom stereocenters. The molecule has 1 rings (SSSR count). The van der Waals surface area contributed by atoms with Crippen LogP contribution in [0.5, 0.6) is 0 Å². The van der Waals surface area contributed by atoms with Gasteiger partial charge in [0.05, 0.1) is 0 Å². The molecule has 6 nitrogen and oxygen atoms in total. The molecule has 0 bridgehead atoms. The van der Waals surface area contributed by atoms with Crippen LogP contribution < -0.4 is 10.6 Å². The molecule has 1 amide bonds. The van der Waals surface area contributed by atoms with Gasteiger partial charge in [-0.2, -0.15) is 0 Å². The second-order valence-electron chi connectivity index (χ2n) is 6.09. The number of hydrogen-bond donors (Lipinski definition) is 2. The van der Waals surface area contributed by atoms with E-state index in [-0.39, 0.29) is 11.4 Å². The molecule has 112 valence electrons. The predicted molar refractivity (Wildman–Crippen MR) is 80.9 cm³/mol. The van der Waals surface area contributed by atoms with Crippen LogP contribution in [0.4, 0.5) is 5.82 Å². The van der Waals surface area contributed by atoms with Gasteiger partial charge in [-0.3, -0.25) is 4.79 Å². The minimum Gasteiger partial charge on any atom is -0.369 e. The van der Waals surface area contributed by atoms with Crippen molar-refractivity contribution in [2.45, 2.75) is 32.7 Å². The van der Waals surface area contributed by atoms with Crippen molar-refractivity contribution in [3.8, 4) is 0 Å². The highest BCUT2D eigenvalue weighted by molar-refractivity contribution is 5.92. The first-order valence-electron chi connectivity index (χ1n) is 6.83. The van der Waals surface area contributed by atoms with E-state index in [1.54, 1.807) is 12.1 Å². The Kier molecular flexibility index (Phi) is 5.88. The minimum absolute atomic E-state index is 0.204. The van der Waals surface area contributed by atoms with Crippen LogP contribution in [0.1, 0.15) is 37.7 Å². The number of nitrogens with one attached hydrogen (secondary N) is 2. The van der Waals surface area contributed by atoms with Crippen molar-refractivity contribution in [3.63, 3.8) is 0 Å². The van der Waals surface area contributed by atoms with Crippen LogP contribution in [0.2, 0.25) is 0 Å². The molecule has 20 heavy (non-hydrogen) atoms. The first-order chi connectivity index (χ1) is 9.28. The molecule has 0 spiro atoms. The smallest absolute Gasteiger partial charge is 0.272 e. The summed E-state index contributed by atoms with van der Waals surface area (Å²) in [5.74, 6) is 0.486. The summed E-state index contributed by atoms with van der Waals surface area (Å²) in [7, 11) is 4.09. The molecule has 1 aromatic heterocycles. The molecule has 0 saturated carbocycles. The third-order valence-corrected chi connectivity index (χ3v) is 2.47. The second-order valence-corrected chi connectivity index (χ2v) is 6.09. The maximum atomic E-state index is 11.9. The Balaban J connectivity index is 2.46. The van der Waals surface area contributed by atoms with E-state index in [0.717, 1.165) is 19.5 Å². The van der Waals surface area contributed by atoms with E-state index in [1.165, 1.54) is 0 Å². The van der Waals surface area contributed by atoms with Gasteiger partial charge in [-0.05, 0) is 60.0 Å². The van der Waals surface area contributed by atoms with Crippen LogP contribution in [-0.4, -0.2) is 53.7 Å². The first-order valence-corrected chi connectivity index (χ1v) is 6.83. The van der Waals surface area contributed by atoms with Crippen molar-refractivity contribution in [1.29, 1.82) is 0 Å². The Morgan fingerprint density at radius 1 is 1.25 bits per heavy atom. The molecular weight excluding hydrogens is 254 g/mol. The summed E-state index contributed by atoms with van der Waals surface area (Å²) in [4.78, 5) is 14.0. The lowest BCUT2D eigenvalue weighted by Crippen LogP contribution is -2.41. The molecule has 0 aliphatic heterocycles. The summed E-state index contributed by atoms with van der Waals surface area (Å²) in [5.41, 5.74) is 0.0563. The standard InChI is InChI=1S/C14H25N5O/c1-14(2,3)16-13(20)11-7-8-12(18-17-11)15-9-6-10-19(4)5/h7-8H,6,9-10H2,1-5H3,(H,15,18)(H,16,20). The van der Waals surface area contributed by atoms with Crippen molar-refractivity contribution >= 4 is 11.7 Å². The zero-order valence-electron chi connectivity index (χ0n) is 13.0. The lowest BCUT2D eigenvalue weighted by Gasteiger charge is -2.19. The van der Waals surface area contributed by atoms with Crippen molar-refractivity contribution in [2.24, 2.45) is 0 Å². The van der Waals surface area contributed by atoms with E-state index in [2.05, 4.69) is 25.7 Å². The van der Waals surface area contributed by atoms with Gasteiger partial charge in [0.1, 0.15) is 5.82 Å². The van der Waals surface area contributed by atoms with Crippen molar-refractivity contribution in [1.82, 2.24) is 20.4 Å². The summed E-state index contributed by atoms with van der Waals surface area (Å²) in [6, 6.07) is 3.46. The zero-order chi connectivity index (χ0) is 15.2. The zero-order valence-corrected chi connectivity index (χ0v) is 13.0. The number of anilines is 1. The monoisotopic (exact) mass is 279 g/mol. The molecule has 0 saturated heterocycles. The van der Waals surface area contributed by atoms with E-state index in [1.807, 2.05) is 34.9 Å². The lowest BCUT2D eigenvalue weighted by molar-refractivity contribution is 0.0913. The molecular formula is C14H25N5O. The third-order valence-electron chi connectivity index (χ3n) is 2.47. The van der Waals surface area contributed by atoms with Gasteiger partial charge < -0.3 is 15.5 Å². The molecule has 0 aliphatic rings. The van der Waals surface area contributed by atoms with Gasteiger partial charge in [0.25, 0.3) is 5.91 Å². The van der Waals surface area contributed by atoms with Gasteiger partial charge in [-0.15, -0.1) is 10.2 Å². The van der Waals surface area contributed by atoms with Gasteiger partial charge in [-0.1, -0.05) is 0 Å². The maximum absolute atomic E-state index is 11.9. The average molecular weight is 279 g/mol. The molecule has 0 aliphatic carbocycles. The Hall–Kier alpha value is -1.69. The Morgan fingerprint density at radius 2 is 1.95 bits per heavy atom. The molecule has 0 unspecified atom stereocenters. The number of rotatable bonds is 6. The van der Waals surface area contributed by atoms with Gasteiger partial charge in [0.2, 0.25) is 0 Å². The summed E-state index contributed by atoms with van der Waals surface area (Å²) in [5, 5.41) is 14.0. The van der Waals surface area contributed by atoms with Gasteiger partial charge in [-0.25, -0.2) is 0 Å². The fourth-order valence-electron chi connectivity index (χ4n) is 1.56. The van der Waals surface area contributed by atoms with Crippen LogP contribution in [0.25, 0.3) is 0 Å². The van der Waals surface area contributed by atoms with Gasteiger partial charge in [0, 0.05) is 12.1 Å². The van der Waals surface area contributed by atoms with Crippen molar-refractivity contribution < 1.29 is 4.79 Å². The number of carbonyl (C=O) groups excluding carboxylic acids is 1. The van der Waals surface area contributed by atoms with E-state index >= 15 is 0 Å². The largest absolute Gasteiger partial charge is 0.369 e.